The maximum absolute atomic E-state index is 11.7. The maximum atomic E-state index is 11.7. The summed E-state index contributed by atoms with van der Waals surface area (Å²) in [6.45, 7) is 7.00. The van der Waals surface area contributed by atoms with Crippen LogP contribution < -0.4 is 11.1 Å². The van der Waals surface area contributed by atoms with Gasteiger partial charge < -0.3 is 16.0 Å². The second-order valence-electron chi connectivity index (χ2n) is 4.86. The number of likely N-dealkylation sites (N-methyl/N-ethyl adjacent to an activating group) is 1. The molecule has 3 N–H and O–H groups in total. The normalized spacial score (nSPS) is 13.8. The number of amides is 2. The Morgan fingerprint density at radius 2 is 1.89 bits per heavy atom. The fraction of sp³-hybridized carbons (Fsp3) is 0.846. The van der Waals surface area contributed by atoms with Gasteiger partial charge in [0.25, 0.3) is 0 Å². The second kappa shape index (κ2) is 8.91. The number of carbonyl (C=O) groups excluding carboxylic acids is 2. The first-order chi connectivity index (χ1) is 8.42. The minimum absolute atomic E-state index is 0.0548. The zero-order valence-electron chi connectivity index (χ0n) is 12.0. The van der Waals surface area contributed by atoms with Gasteiger partial charge in [-0.1, -0.05) is 6.92 Å². The first-order valence-electron chi connectivity index (χ1n) is 6.66. The molecule has 0 aliphatic carbocycles. The molecule has 2 atom stereocenters. The standard InChI is InChI=1S/C13H27N3O2/c1-5-16(4)13(18)11(3)15-12(17)7-6-10(2)8-9-14/h10-11H,5-9,14H2,1-4H3,(H,15,17). The number of hydrogen-bond acceptors (Lipinski definition) is 3. The lowest BCUT2D eigenvalue weighted by Crippen LogP contribution is -2.45. The molecule has 0 saturated carbocycles. The Morgan fingerprint density at radius 1 is 1.28 bits per heavy atom. The molecule has 2 amide bonds. The zero-order chi connectivity index (χ0) is 14.1. The van der Waals surface area contributed by atoms with Crippen LogP contribution in [0.1, 0.15) is 40.0 Å². The van der Waals surface area contributed by atoms with Gasteiger partial charge in [0.2, 0.25) is 11.8 Å². The largest absolute Gasteiger partial charge is 0.345 e. The highest BCUT2D eigenvalue weighted by molar-refractivity contribution is 5.87. The predicted molar refractivity (Wildman–Crippen MR) is 73.0 cm³/mol. The van der Waals surface area contributed by atoms with Gasteiger partial charge in [-0.3, -0.25) is 9.59 Å². The third kappa shape index (κ3) is 6.59. The van der Waals surface area contributed by atoms with E-state index in [9.17, 15) is 9.59 Å². The van der Waals surface area contributed by atoms with Gasteiger partial charge in [-0.05, 0) is 39.2 Å². The Hall–Kier alpha value is -1.10. The number of nitrogens with one attached hydrogen (secondary N) is 1. The summed E-state index contributed by atoms with van der Waals surface area (Å²) in [5, 5.41) is 2.73. The summed E-state index contributed by atoms with van der Waals surface area (Å²) in [6, 6.07) is -0.452. The van der Waals surface area contributed by atoms with Crippen molar-refractivity contribution in [1.82, 2.24) is 10.2 Å². The van der Waals surface area contributed by atoms with Crippen molar-refractivity contribution in [1.29, 1.82) is 0 Å². The minimum Gasteiger partial charge on any atom is -0.345 e. The Bertz CT molecular complexity index is 269. The fourth-order valence-corrected chi connectivity index (χ4v) is 1.67. The van der Waals surface area contributed by atoms with Gasteiger partial charge in [0.1, 0.15) is 6.04 Å². The molecule has 106 valence electrons. The van der Waals surface area contributed by atoms with Gasteiger partial charge in [-0.25, -0.2) is 0 Å². The van der Waals surface area contributed by atoms with E-state index in [1.54, 1.807) is 18.9 Å². The van der Waals surface area contributed by atoms with Crippen molar-refractivity contribution in [3.8, 4) is 0 Å². The van der Waals surface area contributed by atoms with Gasteiger partial charge in [-0.2, -0.15) is 0 Å². The molecule has 0 spiro atoms. The van der Waals surface area contributed by atoms with E-state index < -0.39 is 6.04 Å². The molecule has 0 saturated heterocycles. The molecule has 5 heteroatoms. The molecule has 0 aliphatic heterocycles. The molecular weight excluding hydrogens is 230 g/mol. The monoisotopic (exact) mass is 257 g/mol. The summed E-state index contributed by atoms with van der Waals surface area (Å²) in [5.74, 6) is 0.329. The lowest BCUT2D eigenvalue weighted by atomic mass is 10.0. The highest BCUT2D eigenvalue weighted by atomic mass is 16.2. The lowest BCUT2D eigenvalue weighted by Gasteiger charge is -2.20. The van der Waals surface area contributed by atoms with E-state index in [0.717, 1.165) is 12.8 Å². The molecule has 0 radical (unpaired) electrons. The summed E-state index contributed by atoms with van der Waals surface area (Å²) in [6.07, 6.45) is 2.20. The first-order valence-corrected chi connectivity index (χ1v) is 6.66. The average Bonchev–Trinajstić information content (AvgIpc) is 2.34. The maximum Gasteiger partial charge on any atom is 0.244 e. The van der Waals surface area contributed by atoms with Crippen LogP contribution in [-0.4, -0.2) is 42.9 Å². The highest BCUT2D eigenvalue weighted by Crippen LogP contribution is 2.08. The number of nitrogens with zero attached hydrogens (tertiary/aromatic N) is 1. The van der Waals surface area contributed by atoms with Crippen molar-refractivity contribution >= 4 is 11.8 Å². The molecule has 0 bridgehead atoms. The smallest absolute Gasteiger partial charge is 0.244 e. The highest BCUT2D eigenvalue weighted by Gasteiger charge is 2.18. The quantitative estimate of drug-likeness (QED) is 0.673. The van der Waals surface area contributed by atoms with E-state index in [1.807, 2.05) is 6.92 Å². The molecule has 2 unspecified atom stereocenters. The van der Waals surface area contributed by atoms with Gasteiger partial charge in [0, 0.05) is 20.0 Å². The molecule has 0 fully saturated rings. The summed E-state index contributed by atoms with van der Waals surface area (Å²) in [7, 11) is 1.73. The SMILES string of the molecule is CCN(C)C(=O)C(C)NC(=O)CCC(C)CCN. The van der Waals surface area contributed by atoms with Crippen LogP contribution in [0.4, 0.5) is 0 Å². The van der Waals surface area contributed by atoms with Gasteiger partial charge in [0.05, 0.1) is 0 Å². The Morgan fingerprint density at radius 3 is 2.39 bits per heavy atom. The van der Waals surface area contributed by atoms with E-state index in [-0.39, 0.29) is 11.8 Å². The summed E-state index contributed by atoms with van der Waals surface area (Å²) in [4.78, 5) is 25.0. The average molecular weight is 257 g/mol. The van der Waals surface area contributed by atoms with Crippen LogP contribution in [0.2, 0.25) is 0 Å². The summed E-state index contributed by atoms with van der Waals surface area (Å²) < 4.78 is 0. The van der Waals surface area contributed by atoms with Gasteiger partial charge in [-0.15, -0.1) is 0 Å². The fourth-order valence-electron chi connectivity index (χ4n) is 1.67. The van der Waals surface area contributed by atoms with Crippen molar-refractivity contribution in [3.63, 3.8) is 0 Å². The molecule has 0 rings (SSSR count). The first kappa shape index (κ1) is 16.9. The van der Waals surface area contributed by atoms with Crippen molar-refractivity contribution in [3.05, 3.63) is 0 Å². The lowest BCUT2D eigenvalue weighted by molar-refractivity contribution is -0.134. The van der Waals surface area contributed by atoms with Crippen molar-refractivity contribution in [2.24, 2.45) is 11.7 Å². The zero-order valence-corrected chi connectivity index (χ0v) is 12.0. The number of rotatable bonds is 8. The summed E-state index contributed by atoms with van der Waals surface area (Å²) >= 11 is 0. The van der Waals surface area contributed by atoms with Crippen LogP contribution in [0.3, 0.4) is 0 Å². The molecule has 0 aromatic heterocycles. The van der Waals surface area contributed by atoms with Crippen LogP contribution in [0.15, 0.2) is 0 Å². The van der Waals surface area contributed by atoms with E-state index in [1.165, 1.54) is 0 Å². The van der Waals surface area contributed by atoms with E-state index in [0.29, 0.717) is 25.4 Å². The molecule has 18 heavy (non-hydrogen) atoms. The van der Waals surface area contributed by atoms with Crippen LogP contribution >= 0.6 is 0 Å². The van der Waals surface area contributed by atoms with E-state index in [2.05, 4.69) is 12.2 Å². The van der Waals surface area contributed by atoms with Crippen molar-refractivity contribution in [2.45, 2.75) is 46.1 Å². The predicted octanol–water partition coefficient (Wildman–Crippen LogP) is 0.735. The third-order valence-electron chi connectivity index (χ3n) is 3.12. The Labute approximate surface area is 110 Å². The third-order valence-corrected chi connectivity index (χ3v) is 3.12. The van der Waals surface area contributed by atoms with E-state index >= 15 is 0 Å². The van der Waals surface area contributed by atoms with Crippen LogP contribution in [0, 0.1) is 5.92 Å². The van der Waals surface area contributed by atoms with Crippen LogP contribution in [0.5, 0.6) is 0 Å². The van der Waals surface area contributed by atoms with Crippen molar-refractivity contribution < 1.29 is 9.59 Å². The minimum atomic E-state index is -0.452. The van der Waals surface area contributed by atoms with Gasteiger partial charge >= 0.3 is 0 Å². The molecule has 0 heterocycles. The van der Waals surface area contributed by atoms with Gasteiger partial charge in [0.15, 0.2) is 0 Å². The number of hydrogen-bond donors (Lipinski definition) is 2. The molecule has 0 aromatic carbocycles. The Balaban J connectivity index is 3.97. The molecule has 5 nitrogen and oxygen atoms in total. The van der Waals surface area contributed by atoms with Crippen LogP contribution in [0.25, 0.3) is 0 Å². The molecule has 0 aromatic rings. The topological polar surface area (TPSA) is 75.4 Å². The summed E-state index contributed by atoms with van der Waals surface area (Å²) in [5.41, 5.74) is 5.45. The van der Waals surface area contributed by atoms with Crippen molar-refractivity contribution in [2.75, 3.05) is 20.1 Å². The number of carbonyl (C=O) groups is 2. The second-order valence-corrected chi connectivity index (χ2v) is 4.86. The van der Waals surface area contributed by atoms with E-state index in [4.69, 9.17) is 5.73 Å². The molecular formula is C13H27N3O2. The Kier molecular flexibility index (Phi) is 8.37. The number of nitrogens with two attached hydrogens (primary N) is 1. The molecule has 0 aliphatic rings. The van der Waals surface area contributed by atoms with Crippen LogP contribution in [-0.2, 0) is 9.59 Å².